The molecule has 0 saturated carbocycles. The lowest BCUT2D eigenvalue weighted by Gasteiger charge is -2.33. The van der Waals surface area contributed by atoms with E-state index in [4.69, 9.17) is 0 Å². The molecule has 2 unspecified atom stereocenters. The first-order chi connectivity index (χ1) is 9.06. The summed E-state index contributed by atoms with van der Waals surface area (Å²) in [5, 5.41) is 3.29. The number of hydrogen-bond donors (Lipinski definition) is 1. The van der Waals surface area contributed by atoms with E-state index in [1.165, 1.54) is 12.0 Å². The van der Waals surface area contributed by atoms with Crippen molar-refractivity contribution in [2.75, 3.05) is 18.4 Å². The van der Waals surface area contributed by atoms with Crippen LogP contribution in [0.1, 0.15) is 32.3 Å². The average Bonchev–Trinajstić information content (AvgIpc) is 2.40. The molecular weight excluding hydrogens is 236 g/mol. The summed E-state index contributed by atoms with van der Waals surface area (Å²) in [6.07, 6.45) is 2.37. The van der Waals surface area contributed by atoms with Crippen LogP contribution in [0.25, 0.3) is 0 Å². The molecule has 0 radical (unpaired) electrons. The molecule has 2 rings (SSSR count). The topological polar surface area (TPSA) is 32.3 Å². The first-order valence-corrected chi connectivity index (χ1v) is 7.18. The number of carbonyl (C=O) groups is 1. The van der Waals surface area contributed by atoms with Crippen LogP contribution in [0.15, 0.2) is 24.3 Å². The van der Waals surface area contributed by atoms with E-state index < -0.39 is 0 Å². The van der Waals surface area contributed by atoms with Crippen molar-refractivity contribution in [1.82, 2.24) is 4.90 Å². The fourth-order valence-electron chi connectivity index (χ4n) is 2.62. The normalized spacial score (nSPS) is 21.0. The number of aryl methyl sites for hydroxylation is 1. The van der Waals surface area contributed by atoms with Gasteiger partial charge in [0.05, 0.1) is 0 Å². The van der Waals surface area contributed by atoms with Gasteiger partial charge in [-0.3, -0.25) is 4.79 Å². The maximum atomic E-state index is 12.4. The van der Waals surface area contributed by atoms with Crippen molar-refractivity contribution in [3.8, 4) is 0 Å². The third kappa shape index (κ3) is 3.72. The summed E-state index contributed by atoms with van der Waals surface area (Å²) in [6.45, 7) is 8.04. The van der Waals surface area contributed by atoms with Crippen LogP contribution in [-0.2, 0) is 4.79 Å². The highest BCUT2D eigenvalue weighted by molar-refractivity contribution is 5.84. The summed E-state index contributed by atoms with van der Waals surface area (Å²) in [5.41, 5.74) is 2.24. The largest absolute Gasteiger partial charge is 0.374 e. The Hall–Kier alpha value is -1.51. The van der Waals surface area contributed by atoms with Crippen LogP contribution < -0.4 is 5.32 Å². The molecule has 3 nitrogen and oxygen atoms in total. The Morgan fingerprint density at radius 1 is 1.37 bits per heavy atom. The van der Waals surface area contributed by atoms with Crippen LogP contribution >= 0.6 is 0 Å². The zero-order valence-corrected chi connectivity index (χ0v) is 12.1. The molecule has 1 aliphatic rings. The van der Waals surface area contributed by atoms with Gasteiger partial charge in [-0.2, -0.15) is 0 Å². The Morgan fingerprint density at radius 3 is 2.68 bits per heavy atom. The van der Waals surface area contributed by atoms with E-state index in [0.717, 1.165) is 25.2 Å². The maximum Gasteiger partial charge on any atom is 0.244 e. The molecule has 1 aromatic rings. The van der Waals surface area contributed by atoms with E-state index in [1.54, 1.807) is 0 Å². The highest BCUT2D eigenvalue weighted by Gasteiger charge is 2.24. The monoisotopic (exact) mass is 260 g/mol. The number of anilines is 1. The second kappa shape index (κ2) is 6.09. The molecule has 1 aliphatic heterocycles. The van der Waals surface area contributed by atoms with Gasteiger partial charge in [0, 0.05) is 18.8 Å². The van der Waals surface area contributed by atoms with E-state index in [1.807, 2.05) is 24.0 Å². The second-order valence-corrected chi connectivity index (χ2v) is 5.76. The summed E-state index contributed by atoms with van der Waals surface area (Å²) < 4.78 is 0. The van der Waals surface area contributed by atoms with Crippen molar-refractivity contribution < 1.29 is 4.79 Å². The number of rotatable bonds is 3. The summed E-state index contributed by atoms with van der Waals surface area (Å²) >= 11 is 0. The highest BCUT2D eigenvalue weighted by atomic mass is 16.2. The number of nitrogens with one attached hydrogen (secondary N) is 1. The average molecular weight is 260 g/mol. The van der Waals surface area contributed by atoms with Gasteiger partial charge in [-0.15, -0.1) is 0 Å². The number of piperidine rings is 1. The molecule has 3 heteroatoms. The van der Waals surface area contributed by atoms with E-state index in [0.29, 0.717) is 5.92 Å². The highest BCUT2D eigenvalue weighted by Crippen LogP contribution is 2.17. The van der Waals surface area contributed by atoms with Crippen LogP contribution in [0, 0.1) is 12.8 Å². The molecule has 1 N–H and O–H groups in total. The minimum absolute atomic E-state index is 0.159. The predicted molar refractivity (Wildman–Crippen MR) is 79.2 cm³/mol. The molecule has 0 bridgehead atoms. The molecule has 1 saturated heterocycles. The Bertz CT molecular complexity index is 427. The van der Waals surface area contributed by atoms with E-state index in [9.17, 15) is 4.79 Å². The van der Waals surface area contributed by atoms with E-state index in [2.05, 4.69) is 31.3 Å². The number of likely N-dealkylation sites (tertiary alicyclic amines) is 1. The molecule has 1 fully saturated rings. The van der Waals surface area contributed by atoms with Gasteiger partial charge in [0.25, 0.3) is 0 Å². The van der Waals surface area contributed by atoms with Crippen molar-refractivity contribution in [1.29, 1.82) is 0 Å². The molecule has 1 heterocycles. The van der Waals surface area contributed by atoms with E-state index in [-0.39, 0.29) is 11.9 Å². The lowest BCUT2D eigenvalue weighted by molar-refractivity contribution is -0.133. The SMILES string of the molecule is Cc1ccc(NC(C)C(=O)N2CCCC(C)C2)cc1. The van der Waals surface area contributed by atoms with Crippen molar-refractivity contribution in [3.63, 3.8) is 0 Å². The Morgan fingerprint density at radius 2 is 2.05 bits per heavy atom. The van der Waals surface area contributed by atoms with Gasteiger partial charge in [0.1, 0.15) is 6.04 Å². The first kappa shape index (κ1) is 13.9. The quantitative estimate of drug-likeness (QED) is 0.906. The molecule has 1 aromatic carbocycles. The third-order valence-electron chi connectivity index (χ3n) is 3.77. The van der Waals surface area contributed by atoms with Crippen LogP contribution in [0.5, 0.6) is 0 Å². The summed E-state index contributed by atoms with van der Waals surface area (Å²) in [6, 6.07) is 8.01. The van der Waals surface area contributed by atoms with Crippen molar-refractivity contribution >= 4 is 11.6 Å². The molecule has 1 amide bonds. The number of amides is 1. The maximum absolute atomic E-state index is 12.4. The lowest BCUT2D eigenvalue weighted by atomic mass is 10.00. The third-order valence-corrected chi connectivity index (χ3v) is 3.77. The van der Waals surface area contributed by atoms with Gasteiger partial charge in [-0.05, 0) is 44.7 Å². The van der Waals surface area contributed by atoms with Crippen molar-refractivity contribution in [3.05, 3.63) is 29.8 Å². The van der Waals surface area contributed by atoms with Crippen LogP contribution in [-0.4, -0.2) is 29.9 Å². The van der Waals surface area contributed by atoms with Crippen molar-refractivity contribution in [2.45, 2.75) is 39.7 Å². The number of hydrogen-bond acceptors (Lipinski definition) is 2. The fourth-order valence-corrected chi connectivity index (χ4v) is 2.62. The zero-order chi connectivity index (χ0) is 13.8. The smallest absolute Gasteiger partial charge is 0.244 e. The molecule has 19 heavy (non-hydrogen) atoms. The number of carbonyl (C=O) groups excluding carboxylic acids is 1. The Labute approximate surface area is 116 Å². The second-order valence-electron chi connectivity index (χ2n) is 5.76. The van der Waals surface area contributed by atoms with Gasteiger partial charge in [0.2, 0.25) is 5.91 Å². The number of nitrogens with zero attached hydrogens (tertiary/aromatic N) is 1. The summed E-state index contributed by atoms with van der Waals surface area (Å²) in [7, 11) is 0. The molecular formula is C16H24N2O. The zero-order valence-electron chi connectivity index (χ0n) is 12.1. The Balaban J connectivity index is 1.93. The van der Waals surface area contributed by atoms with E-state index >= 15 is 0 Å². The summed E-state index contributed by atoms with van der Waals surface area (Å²) in [4.78, 5) is 14.4. The minimum atomic E-state index is -0.159. The standard InChI is InChI=1S/C16H24N2O/c1-12-6-8-15(9-7-12)17-14(3)16(19)18-10-4-5-13(2)11-18/h6-9,13-14,17H,4-5,10-11H2,1-3H3. The van der Waals surface area contributed by atoms with Crippen LogP contribution in [0.4, 0.5) is 5.69 Å². The summed E-state index contributed by atoms with van der Waals surface area (Å²) in [5.74, 6) is 0.844. The first-order valence-electron chi connectivity index (χ1n) is 7.18. The van der Waals surface area contributed by atoms with Gasteiger partial charge in [-0.1, -0.05) is 24.6 Å². The van der Waals surface area contributed by atoms with Gasteiger partial charge in [0.15, 0.2) is 0 Å². The van der Waals surface area contributed by atoms with Crippen LogP contribution in [0.2, 0.25) is 0 Å². The predicted octanol–water partition coefficient (Wildman–Crippen LogP) is 3.05. The molecule has 0 spiro atoms. The fraction of sp³-hybridized carbons (Fsp3) is 0.562. The minimum Gasteiger partial charge on any atom is -0.374 e. The molecule has 104 valence electrons. The number of benzene rings is 1. The van der Waals surface area contributed by atoms with Gasteiger partial charge >= 0.3 is 0 Å². The Kier molecular flexibility index (Phi) is 4.46. The lowest BCUT2D eigenvalue weighted by Crippen LogP contribution is -2.45. The molecule has 0 aromatic heterocycles. The molecule has 0 aliphatic carbocycles. The van der Waals surface area contributed by atoms with Gasteiger partial charge < -0.3 is 10.2 Å². The molecule has 2 atom stereocenters. The van der Waals surface area contributed by atoms with Crippen LogP contribution in [0.3, 0.4) is 0 Å². The van der Waals surface area contributed by atoms with Crippen molar-refractivity contribution in [2.24, 2.45) is 5.92 Å². The van der Waals surface area contributed by atoms with Gasteiger partial charge in [-0.25, -0.2) is 0 Å².